The monoisotopic (exact) mass is 350 g/mol. The molecule has 1 saturated heterocycles. The van der Waals surface area contributed by atoms with Gasteiger partial charge in [0.05, 0.1) is 13.4 Å². The number of hydrogen-bond acceptors (Lipinski definition) is 5. The van der Waals surface area contributed by atoms with E-state index in [2.05, 4.69) is 15.0 Å². The summed E-state index contributed by atoms with van der Waals surface area (Å²) in [5.74, 6) is 0.750. The van der Waals surface area contributed by atoms with Crippen molar-refractivity contribution in [2.75, 3.05) is 26.7 Å². The molecule has 24 heavy (non-hydrogen) atoms. The van der Waals surface area contributed by atoms with Crippen LogP contribution in [0.3, 0.4) is 0 Å². The highest BCUT2D eigenvalue weighted by atomic mass is 32.2. The second-order valence-electron chi connectivity index (χ2n) is 5.96. The highest BCUT2D eigenvalue weighted by Crippen LogP contribution is 2.28. The molecule has 8 heteroatoms. The molecule has 2 atom stereocenters. The first-order valence-corrected chi connectivity index (χ1v) is 9.31. The lowest BCUT2D eigenvalue weighted by Gasteiger charge is -2.19. The fourth-order valence-corrected chi connectivity index (χ4v) is 4.42. The third kappa shape index (κ3) is 3.31. The second kappa shape index (κ2) is 6.92. The van der Waals surface area contributed by atoms with Gasteiger partial charge in [0.1, 0.15) is 10.6 Å². The summed E-state index contributed by atoms with van der Waals surface area (Å²) in [6, 6.07) is 6.63. The third-order valence-corrected chi connectivity index (χ3v) is 5.93. The van der Waals surface area contributed by atoms with Crippen molar-refractivity contribution in [3.05, 3.63) is 42.5 Å². The zero-order valence-corrected chi connectivity index (χ0v) is 14.6. The van der Waals surface area contributed by atoms with E-state index in [0.717, 1.165) is 18.8 Å². The number of para-hydroxylation sites is 1. The molecule has 1 fully saturated rings. The summed E-state index contributed by atoms with van der Waals surface area (Å²) < 4.78 is 35.1. The van der Waals surface area contributed by atoms with Gasteiger partial charge < -0.3 is 14.6 Å². The summed E-state index contributed by atoms with van der Waals surface area (Å²) in [7, 11) is -0.197. The van der Waals surface area contributed by atoms with E-state index in [1.165, 1.54) is 7.11 Å². The molecular weight excluding hydrogens is 328 g/mol. The van der Waals surface area contributed by atoms with Crippen LogP contribution in [0.1, 0.15) is 11.6 Å². The van der Waals surface area contributed by atoms with Crippen LogP contribution in [0.4, 0.5) is 0 Å². The Morgan fingerprint density at radius 1 is 1.38 bits per heavy atom. The Hall–Kier alpha value is -1.90. The summed E-state index contributed by atoms with van der Waals surface area (Å²) >= 11 is 0. The molecule has 2 N–H and O–H groups in total. The molecule has 0 radical (unpaired) electrons. The third-order valence-electron chi connectivity index (χ3n) is 4.47. The number of hydrogen-bond donors (Lipinski definition) is 2. The fraction of sp³-hybridized carbons (Fsp3) is 0.438. The lowest BCUT2D eigenvalue weighted by Crippen LogP contribution is -2.32. The molecule has 1 aliphatic heterocycles. The SMILES string of the molecule is COc1ccccc1S(=O)(=O)NC[C@@H]1CNC[C@H]1c1cncn1C. The van der Waals surface area contributed by atoms with E-state index in [0.29, 0.717) is 12.3 Å². The Balaban J connectivity index is 1.74. The number of rotatable bonds is 6. The Bertz CT molecular complexity index is 803. The molecule has 1 aromatic carbocycles. The van der Waals surface area contributed by atoms with Crippen LogP contribution < -0.4 is 14.8 Å². The molecule has 1 aliphatic rings. The molecule has 2 heterocycles. The second-order valence-corrected chi connectivity index (χ2v) is 7.69. The number of imidazole rings is 1. The van der Waals surface area contributed by atoms with Gasteiger partial charge in [-0.25, -0.2) is 18.1 Å². The summed E-state index contributed by atoms with van der Waals surface area (Å²) in [4.78, 5) is 4.32. The lowest BCUT2D eigenvalue weighted by molar-refractivity contribution is 0.402. The van der Waals surface area contributed by atoms with Crippen LogP contribution in [0, 0.1) is 5.92 Å². The van der Waals surface area contributed by atoms with E-state index in [1.807, 2.05) is 17.8 Å². The molecule has 0 unspecified atom stereocenters. The van der Waals surface area contributed by atoms with E-state index in [9.17, 15) is 8.42 Å². The van der Waals surface area contributed by atoms with E-state index >= 15 is 0 Å². The van der Waals surface area contributed by atoms with Crippen LogP contribution in [-0.2, 0) is 17.1 Å². The van der Waals surface area contributed by atoms with Crippen LogP contribution in [0.15, 0.2) is 41.7 Å². The zero-order valence-electron chi connectivity index (χ0n) is 13.8. The van der Waals surface area contributed by atoms with Gasteiger partial charge in [-0.2, -0.15) is 0 Å². The Labute approximate surface area is 142 Å². The van der Waals surface area contributed by atoms with Crippen molar-refractivity contribution >= 4 is 10.0 Å². The van der Waals surface area contributed by atoms with Crippen LogP contribution >= 0.6 is 0 Å². The normalized spacial score (nSPS) is 21.1. The Morgan fingerprint density at radius 3 is 2.88 bits per heavy atom. The van der Waals surface area contributed by atoms with Gasteiger partial charge in [0, 0.05) is 37.9 Å². The summed E-state index contributed by atoms with van der Waals surface area (Å²) in [6.07, 6.45) is 3.61. The summed E-state index contributed by atoms with van der Waals surface area (Å²) in [5.41, 5.74) is 1.11. The van der Waals surface area contributed by atoms with Crippen molar-refractivity contribution in [1.82, 2.24) is 19.6 Å². The van der Waals surface area contributed by atoms with Gasteiger partial charge in [-0.15, -0.1) is 0 Å². The molecule has 0 bridgehead atoms. The number of ether oxygens (including phenoxy) is 1. The van der Waals surface area contributed by atoms with Crippen LogP contribution in [0.2, 0.25) is 0 Å². The van der Waals surface area contributed by atoms with Crippen molar-refractivity contribution in [1.29, 1.82) is 0 Å². The first-order chi connectivity index (χ1) is 11.5. The van der Waals surface area contributed by atoms with E-state index in [1.54, 1.807) is 30.6 Å². The average Bonchev–Trinajstić information content (AvgIpc) is 3.21. The molecule has 0 amide bonds. The standard InChI is InChI=1S/C16H22N4O3S/c1-20-11-18-10-14(20)13-9-17-7-12(13)8-19-24(21,22)16-6-4-3-5-15(16)23-2/h3-6,10-13,17,19H,7-9H2,1-2H3/t12-,13+/m0/s1. The average molecular weight is 350 g/mol. The van der Waals surface area contributed by atoms with Crippen LogP contribution in [0.5, 0.6) is 5.75 Å². The minimum absolute atomic E-state index is 0.163. The number of sulfonamides is 1. The van der Waals surface area contributed by atoms with E-state index < -0.39 is 10.0 Å². The maximum absolute atomic E-state index is 12.6. The number of methoxy groups -OCH3 is 1. The van der Waals surface area contributed by atoms with Crippen molar-refractivity contribution < 1.29 is 13.2 Å². The predicted molar refractivity (Wildman–Crippen MR) is 90.5 cm³/mol. The molecule has 7 nitrogen and oxygen atoms in total. The topological polar surface area (TPSA) is 85.2 Å². The highest BCUT2D eigenvalue weighted by molar-refractivity contribution is 7.89. The molecule has 0 saturated carbocycles. The molecule has 3 rings (SSSR count). The molecule has 2 aromatic rings. The molecule has 1 aromatic heterocycles. The van der Waals surface area contributed by atoms with Crippen molar-refractivity contribution in [3.63, 3.8) is 0 Å². The highest BCUT2D eigenvalue weighted by Gasteiger charge is 2.31. The van der Waals surface area contributed by atoms with Gasteiger partial charge in [0.25, 0.3) is 0 Å². The molecule has 0 spiro atoms. The quantitative estimate of drug-likeness (QED) is 0.801. The van der Waals surface area contributed by atoms with Crippen molar-refractivity contribution in [3.8, 4) is 5.75 Å². The number of nitrogens with one attached hydrogen (secondary N) is 2. The van der Waals surface area contributed by atoms with Gasteiger partial charge in [0.15, 0.2) is 0 Å². The summed E-state index contributed by atoms with van der Waals surface area (Å²) in [5, 5.41) is 3.34. The fourth-order valence-electron chi connectivity index (χ4n) is 3.15. The zero-order chi connectivity index (χ0) is 17.2. The molecule has 130 valence electrons. The van der Waals surface area contributed by atoms with Gasteiger partial charge in [0.2, 0.25) is 10.0 Å². The van der Waals surface area contributed by atoms with Gasteiger partial charge >= 0.3 is 0 Å². The maximum atomic E-state index is 12.6. The number of aryl methyl sites for hydroxylation is 1. The molecule has 0 aliphatic carbocycles. The first kappa shape index (κ1) is 16.9. The maximum Gasteiger partial charge on any atom is 0.244 e. The summed E-state index contributed by atoms with van der Waals surface area (Å²) in [6.45, 7) is 1.95. The number of benzene rings is 1. The first-order valence-electron chi connectivity index (χ1n) is 7.82. The predicted octanol–water partition coefficient (Wildman–Crippen LogP) is 0.710. The minimum Gasteiger partial charge on any atom is -0.495 e. The number of aromatic nitrogens is 2. The van der Waals surface area contributed by atoms with Crippen molar-refractivity contribution in [2.24, 2.45) is 13.0 Å². The van der Waals surface area contributed by atoms with Crippen molar-refractivity contribution in [2.45, 2.75) is 10.8 Å². The Morgan fingerprint density at radius 2 is 2.17 bits per heavy atom. The van der Waals surface area contributed by atoms with Crippen LogP contribution in [-0.4, -0.2) is 44.7 Å². The van der Waals surface area contributed by atoms with E-state index in [4.69, 9.17) is 4.74 Å². The van der Waals surface area contributed by atoms with E-state index in [-0.39, 0.29) is 16.7 Å². The van der Waals surface area contributed by atoms with Crippen LogP contribution in [0.25, 0.3) is 0 Å². The number of nitrogens with zero attached hydrogens (tertiary/aromatic N) is 2. The van der Waals surface area contributed by atoms with Gasteiger partial charge in [-0.3, -0.25) is 0 Å². The minimum atomic E-state index is -3.62. The van der Waals surface area contributed by atoms with Gasteiger partial charge in [-0.1, -0.05) is 12.1 Å². The smallest absolute Gasteiger partial charge is 0.244 e. The lowest BCUT2D eigenvalue weighted by atomic mass is 9.93. The van der Waals surface area contributed by atoms with Gasteiger partial charge in [-0.05, 0) is 24.6 Å². The largest absolute Gasteiger partial charge is 0.495 e. The Kier molecular flexibility index (Phi) is 4.88. The molecular formula is C16H22N4O3S.